The maximum absolute atomic E-state index is 2.72. The van der Waals surface area contributed by atoms with Crippen LogP contribution in [0.25, 0.3) is 32.3 Å². The first kappa shape index (κ1) is 48.4. The largest absolute Gasteiger partial charge is 0.310 e. The Morgan fingerprint density at radius 1 is 0.444 bits per heavy atom. The number of rotatable bonds is 4. The Hall–Kier alpha value is -5.84. The number of nitrogens with zero attached hydrogens (tertiary/aromatic N) is 2. The maximum Gasteiger partial charge on any atom is 0.254 e. The third-order valence-electron chi connectivity index (χ3n) is 16.8. The number of hydrogen-bond acceptors (Lipinski definition) is 3. The zero-order valence-electron chi connectivity index (χ0n) is 46.1. The molecule has 11 rings (SSSR count). The van der Waals surface area contributed by atoms with E-state index in [1.165, 1.54) is 128 Å². The second-order valence-corrected chi connectivity index (χ2v) is 28.0. The fourth-order valence-electron chi connectivity index (χ4n) is 12.1. The number of hydrogen-bond donors (Lipinski definition) is 0. The highest BCUT2D eigenvalue weighted by Gasteiger charge is 2.48. The van der Waals surface area contributed by atoms with Crippen LogP contribution in [0, 0.1) is 0 Å². The molecule has 0 unspecified atom stereocenters. The summed E-state index contributed by atoms with van der Waals surface area (Å²) < 4.78 is 1.39. The van der Waals surface area contributed by atoms with E-state index in [0.717, 1.165) is 0 Å². The third-order valence-corrected chi connectivity index (χ3v) is 17.9. The van der Waals surface area contributed by atoms with Crippen molar-refractivity contribution in [1.29, 1.82) is 0 Å². The maximum atomic E-state index is 2.72. The van der Waals surface area contributed by atoms with Gasteiger partial charge in [0.15, 0.2) is 0 Å². The molecule has 0 atom stereocenters. The fraction of sp³-hybridized carbons (Fsp3) is 0.353. The molecule has 366 valence electrons. The molecule has 0 N–H and O–H groups in total. The van der Waals surface area contributed by atoms with Crippen LogP contribution in [-0.2, 0) is 32.5 Å². The van der Waals surface area contributed by atoms with E-state index in [9.17, 15) is 0 Å². The fourth-order valence-corrected chi connectivity index (χ4v) is 13.4. The monoisotopic (exact) mass is 963 g/mol. The quantitative estimate of drug-likeness (QED) is 0.162. The molecule has 8 aromatic rings. The Kier molecular flexibility index (Phi) is 11.0. The summed E-state index contributed by atoms with van der Waals surface area (Å²) in [5.41, 5.74) is 23.6. The van der Waals surface area contributed by atoms with Crippen LogP contribution in [0.2, 0.25) is 0 Å². The molecule has 1 aliphatic carbocycles. The molecule has 0 radical (unpaired) electrons. The average Bonchev–Trinajstić information content (AvgIpc) is 3.69. The summed E-state index contributed by atoms with van der Waals surface area (Å²) in [6.07, 6.45) is 2.37. The van der Waals surface area contributed by atoms with Gasteiger partial charge in [-0.25, -0.2) is 0 Å². The van der Waals surface area contributed by atoms with Gasteiger partial charge in [0, 0.05) is 38.6 Å². The summed E-state index contributed by atoms with van der Waals surface area (Å²) in [6.45, 7) is 38.2. The average molecular weight is 963 g/mol. The van der Waals surface area contributed by atoms with Crippen molar-refractivity contribution in [2.45, 2.75) is 156 Å². The second kappa shape index (κ2) is 16.3. The van der Waals surface area contributed by atoms with Crippen molar-refractivity contribution >= 4 is 78.0 Å². The standard InChI is InChI=1S/C68H75BN2S/c1-63(2,3)44-27-30-48(31-28-44)70-56-38-47(66(10,11)12)39-57-60(56)69(59-51-40-52-53(41-58(51)72-62(59)70)68(15,16)34-33-67(52,13)14)54-37-45(64(4,5)6)29-32-55(54)71(57)61-49(42-23-19-17-20-24-42)35-46(65(7,8)9)36-50(61)43-25-21-18-22-26-43/h17-32,35-41H,33-34H2,1-16H3. The van der Waals surface area contributed by atoms with Crippen LogP contribution in [0.1, 0.15) is 157 Å². The van der Waals surface area contributed by atoms with E-state index in [-0.39, 0.29) is 39.2 Å². The Balaban J connectivity index is 1.34. The topological polar surface area (TPSA) is 6.48 Å². The molecule has 0 saturated heterocycles. The van der Waals surface area contributed by atoms with Crippen molar-refractivity contribution < 1.29 is 0 Å². The van der Waals surface area contributed by atoms with E-state index in [1.807, 2.05) is 11.3 Å². The highest BCUT2D eigenvalue weighted by atomic mass is 32.1. The first-order valence-corrected chi connectivity index (χ1v) is 27.5. The van der Waals surface area contributed by atoms with Gasteiger partial charge in [0.25, 0.3) is 6.71 Å². The van der Waals surface area contributed by atoms with Crippen LogP contribution < -0.4 is 26.2 Å². The molecular formula is C68H75BN2S. The van der Waals surface area contributed by atoms with Crippen LogP contribution in [0.3, 0.4) is 0 Å². The van der Waals surface area contributed by atoms with Gasteiger partial charge in [-0.2, -0.15) is 0 Å². The van der Waals surface area contributed by atoms with Gasteiger partial charge in [0.05, 0.1) is 10.7 Å². The minimum Gasteiger partial charge on any atom is -0.310 e. The minimum atomic E-state index is -0.151. The minimum absolute atomic E-state index is 0.0154. The van der Waals surface area contributed by atoms with Crippen molar-refractivity contribution in [1.82, 2.24) is 0 Å². The van der Waals surface area contributed by atoms with Crippen molar-refractivity contribution in [3.8, 4) is 22.3 Å². The Morgan fingerprint density at radius 3 is 1.43 bits per heavy atom. The lowest BCUT2D eigenvalue weighted by Gasteiger charge is -2.45. The van der Waals surface area contributed by atoms with Crippen LogP contribution in [-0.4, -0.2) is 6.71 Å². The van der Waals surface area contributed by atoms with Gasteiger partial charge in [-0.1, -0.05) is 196 Å². The first-order valence-electron chi connectivity index (χ1n) is 26.7. The molecule has 72 heavy (non-hydrogen) atoms. The molecule has 3 heterocycles. The molecule has 4 heteroatoms. The molecule has 0 spiro atoms. The predicted octanol–water partition coefficient (Wildman–Crippen LogP) is 17.9. The van der Waals surface area contributed by atoms with Gasteiger partial charge in [0.2, 0.25) is 0 Å². The number of anilines is 6. The van der Waals surface area contributed by atoms with E-state index >= 15 is 0 Å². The number of thiophene rings is 1. The lowest BCUT2D eigenvalue weighted by Crippen LogP contribution is -2.61. The third kappa shape index (κ3) is 7.89. The molecule has 7 aromatic carbocycles. The van der Waals surface area contributed by atoms with Crippen LogP contribution >= 0.6 is 11.3 Å². The summed E-state index contributed by atoms with van der Waals surface area (Å²) in [4.78, 5) is 5.40. The lowest BCUT2D eigenvalue weighted by molar-refractivity contribution is 0.332. The van der Waals surface area contributed by atoms with Crippen LogP contribution in [0.5, 0.6) is 0 Å². The van der Waals surface area contributed by atoms with Gasteiger partial charge in [-0.05, 0) is 166 Å². The van der Waals surface area contributed by atoms with Gasteiger partial charge in [-0.15, -0.1) is 11.3 Å². The molecule has 0 saturated carbocycles. The molecule has 3 aliphatic rings. The normalized spacial score (nSPS) is 16.1. The zero-order valence-corrected chi connectivity index (χ0v) is 46.9. The molecule has 0 fully saturated rings. The summed E-state index contributed by atoms with van der Waals surface area (Å²) in [7, 11) is 0. The van der Waals surface area contributed by atoms with E-state index in [2.05, 4.69) is 260 Å². The molecule has 0 bridgehead atoms. The van der Waals surface area contributed by atoms with Gasteiger partial charge in [-0.3, -0.25) is 0 Å². The van der Waals surface area contributed by atoms with E-state index < -0.39 is 0 Å². The van der Waals surface area contributed by atoms with E-state index in [4.69, 9.17) is 0 Å². The second-order valence-electron chi connectivity index (χ2n) is 27.0. The van der Waals surface area contributed by atoms with Crippen molar-refractivity contribution in [2.24, 2.45) is 0 Å². The van der Waals surface area contributed by atoms with Gasteiger partial charge < -0.3 is 9.80 Å². The molecule has 1 aromatic heterocycles. The van der Waals surface area contributed by atoms with Gasteiger partial charge >= 0.3 is 0 Å². The van der Waals surface area contributed by atoms with Crippen LogP contribution in [0.4, 0.5) is 33.4 Å². The van der Waals surface area contributed by atoms with Crippen molar-refractivity contribution in [3.63, 3.8) is 0 Å². The highest BCUT2D eigenvalue weighted by Crippen LogP contribution is 2.55. The smallest absolute Gasteiger partial charge is 0.254 e. The van der Waals surface area contributed by atoms with E-state index in [0.29, 0.717) is 0 Å². The molecular weight excluding hydrogens is 888 g/mol. The highest BCUT2D eigenvalue weighted by molar-refractivity contribution is 7.26. The Labute approximate surface area is 436 Å². The molecule has 2 aliphatic heterocycles. The predicted molar refractivity (Wildman–Crippen MR) is 317 cm³/mol. The number of benzene rings is 7. The van der Waals surface area contributed by atoms with Crippen molar-refractivity contribution in [2.75, 3.05) is 9.80 Å². The summed E-state index contributed by atoms with van der Waals surface area (Å²) in [5.74, 6) is 0. The summed E-state index contributed by atoms with van der Waals surface area (Å²) >= 11 is 2.01. The lowest BCUT2D eigenvalue weighted by atomic mass is 9.33. The van der Waals surface area contributed by atoms with Gasteiger partial charge in [0.1, 0.15) is 0 Å². The summed E-state index contributed by atoms with van der Waals surface area (Å²) in [6, 6.07) is 54.9. The molecule has 0 amide bonds. The zero-order chi connectivity index (χ0) is 51.2. The molecule has 2 nitrogen and oxygen atoms in total. The van der Waals surface area contributed by atoms with Crippen molar-refractivity contribution in [3.05, 3.63) is 173 Å². The SMILES string of the molecule is CC(C)(C)c1ccc(N2c3cc(C(C)(C)C)cc4c3B(c3cc(C(C)(C)C)ccc3N4c3c(-c4ccccc4)cc(C(C)(C)C)cc3-c3ccccc3)c3c2sc2cc4c(cc32)C(C)(C)CCC4(C)C)cc1. The first-order chi connectivity index (χ1) is 33.7. The van der Waals surface area contributed by atoms with E-state index in [1.54, 1.807) is 0 Å². The summed E-state index contributed by atoms with van der Waals surface area (Å²) in [5, 5.41) is 2.74. The van der Waals surface area contributed by atoms with Crippen LogP contribution in [0.15, 0.2) is 140 Å². The Bertz CT molecular complexity index is 3370. The number of fused-ring (bicyclic) bond motifs is 7. The Morgan fingerprint density at radius 2 is 0.917 bits per heavy atom.